The molecule has 1 aromatic carbocycles. The van der Waals surface area contributed by atoms with E-state index in [4.69, 9.17) is 15.9 Å². The summed E-state index contributed by atoms with van der Waals surface area (Å²) in [5.74, 6) is 3.78. The highest BCUT2D eigenvalue weighted by Crippen LogP contribution is 2.65. The van der Waals surface area contributed by atoms with Gasteiger partial charge in [0.25, 0.3) is 0 Å². The first-order valence-corrected chi connectivity index (χ1v) is 10.4. The van der Waals surface area contributed by atoms with Crippen LogP contribution in [0, 0.1) is 29.6 Å². The molecule has 2 fully saturated rings. The zero-order chi connectivity index (χ0) is 21.0. The molecule has 0 spiro atoms. The molecule has 154 valence electrons. The van der Waals surface area contributed by atoms with Gasteiger partial charge in [0.05, 0.1) is 0 Å². The molecule has 5 heteroatoms. The molecule has 0 aliphatic heterocycles. The topological polar surface area (TPSA) is 72.8 Å². The summed E-state index contributed by atoms with van der Waals surface area (Å²) >= 11 is 0. The number of ether oxygens (including phenoxy) is 2. The average molecular weight is 396 g/mol. The Hall–Kier alpha value is -2.32. The normalized spacial score (nSPS) is 34.9. The van der Waals surface area contributed by atoms with E-state index >= 15 is 0 Å². The third-order valence-corrected chi connectivity index (χ3v) is 7.66. The minimum Gasteiger partial charge on any atom is -0.427 e. The first kappa shape index (κ1) is 20.0. The van der Waals surface area contributed by atoms with E-state index in [0.29, 0.717) is 29.8 Å². The largest absolute Gasteiger partial charge is 0.427 e. The molecule has 3 aliphatic carbocycles. The molecule has 5 unspecified atom stereocenters. The molecular weight excluding hydrogens is 368 g/mol. The van der Waals surface area contributed by atoms with Gasteiger partial charge in [-0.25, -0.2) is 0 Å². The second-order valence-electron chi connectivity index (χ2n) is 9.10. The summed E-state index contributed by atoms with van der Waals surface area (Å²) in [6, 6.07) is 3.56. The Labute approximate surface area is 171 Å². The molecule has 29 heavy (non-hydrogen) atoms. The fourth-order valence-electron chi connectivity index (χ4n) is 6.37. The number of esters is 2. The van der Waals surface area contributed by atoms with Gasteiger partial charge in [-0.2, -0.15) is 0 Å². The van der Waals surface area contributed by atoms with Crippen molar-refractivity contribution in [2.24, 2.45) is 17.3 Å². The predicted molar refractivity (Wildman–Crippen MR) is 107 cm³/mol. The first-order valence-electron chi connectivity index (χ1n) is 10.4. The molecule has 3 aliphatic rings. The highest BCUT2D eigenvalue weighted by molar-refractivity contribution is 5.72. The van der Waals surface area contributed by atoms with Crippen molar-refractivity contribution in [3.05, 3.63) is 23.3 Å². The molecule has 1 N–H and O–H groups in total. The van der Waals surface area contributed by atoms with Gasteiger partial charge in [0.1, 0.15) is 17.1 Å². The number of aliphatic hydroxyl groups is 1. The zero-order valence-corrected chi connectivity index (χ0v) is 17.3. The molecule has 0 saturated heterocycles. The van der Waals surface area contributed by atoms with Gasteiger partial charge in [0.15, 0.2) is 0 Å². The van der Waals surface area contributed by atoms with Gasteiger partial charge in [-0.3, -0.25) is 9.59 Å². The van der Waals surface area contributed by atoms with Crippen molar-refractivity contribution in [3.63, 3.8) is 0 Å². The molecule has 0 heterocycles. The van der Waals surface area contributed by atoms with E-state index in [1.54, 1.807) is 6.07 Å². The van der Waals surface area contributed by atoms with Crippen LogP contribution in [0.5, 0.6) is 11.5 Å². The monoisotopic (exact) mass is 396 g/mol. The Kier molecular flexibility index (Phi) is 4.74. The second-order valence-corrected chi connectivity index (χ2v) is 9.10. The molecular formula is C24H28O5. The van der Waals surface area contributed by atoms with Gasteiger partial charge in [0, 0.05) is 30.9 Å². The molecule has 0 aromatic heterocycles. The number of hydrogen-bond donors (Lipinski definition) is 1. The zero-order valence-electron chi connectivity index (χ0n) is 17.3. The number of hydrogen-bond acceptors (Lipinski definition) is 5. The van der Waals surface area contributed by atoms with Crippen molar-refractivity contribution >= 4 is 11.9 Å². The van der Waals surface area contributed by atoms with Crippen molar-refractivity contribution in [3.8, 4) is 23.8 Å². The maximum atomic E-state index is 11.8. The van der Waals surface area contributed by atoms with Crippen molar-refractivity contribution in [2.75, 3.05) is 0 Å². The molecule has 5 nitrogen and oxygen atoms in total. The van der Waals surface area contributed by atoms with E-state index in [1.165, 1.54) is 13.8 Å². The third-order valence-electron chi connectivity index (χ3n) is 7.66. The highest BCUT2D eigenvalue weighted by atomic mass is 16.5. The van der Waals surface area contributed by atoms with E-state index in [2.05, 4.69) is 12.8 Å². The lowest BCUT2D eigenvalue weighted by Crippen LogP contribution is -2.50. The lowest BCUT2D eigenvalue weighted by molar-refractivity contribution is -0.132. The van der Waals surface area contributed by atoms with Crippen LogP contribution in [0.3, 0.4) is 0 Å². The van der Waals surface area contributed by atoms with Crippen LogP contribution in [-0.4, -0.2) is 22.6 Å². The van der Waals surface area contributed by atoms with E-state index < -0.39 is 17.5 Å². The van der Waals surface area contributed by atoms with Crippen molar-refractivity contribution in [1.82, 2.24) is 0 Å². The number of carbonyl (C=O) groups is 2. The molecule has 0 bridgehead atoms. The van der Waals surface area contributed by atoms with Gasteiger partial charge < -0.3 is 14.6 Å². The van der Waals surface area contributed by atoms with Crippen LogP contribution in [0.1, 0.15) is 69.9 Å². The maximum Gasteiger partial charge on any atom is 0.308 e. The van der Waals surface area contributed by atoms with Crippen molar-refractivity contribution < 1.29 is 24.2 Å². The summed E-state index contributed by atoms with van der Waals surface area (Å²) in [4.78, 5) is 23.2. The van der Waals surface area contributed by atoms with Crippen LogP contribution in [0.2, 0.25) is 0 Å². The Bertz CT molecular complexity index is 913. The molecule has 0 amide bonds. The summed E-state index contributed by atoms with van der Waals surface area (Å²) in [6.45, 7) is 4.88. The summed E-state index contributed by atoms with van der Waals surface area (Å²) in [6.07, 6.45) is 10.8. The lowest BCUT2D eigenvalue weighted by atomic mass is 9.53. The number of carbonyl (C=O) groups excluding carboxylic acids is 2. The fraction of sp³-hybridized carbons (Fsp3) is 0.583. The Morgan fingerprint density at radius 3 is 2.52 bits per heavy atom. The first-order chi connectivity index (χ1) is 13.7. The number of terminal acetylenes is 1. The Morgan fingerprint density at radius 1 is 1.14 bits per heavy atom. The number of aryl methyl sites for hydroxylation is 1. The van der Waals surface area contributed by atoms with Crippen LogP contribution in [0.25, 0.3) is 0 Å². The SMILES string of the molecule is C#CC1(O)CCC2C3CCc4cc(OC(C)=O)cc(OC(C)=O)c4C3CCC21C. The third kappa shape index (κ3) is 3.05. The van der Waals surface area contributed by atoms with Gasteiger partial charge in [-0.15, -0.1) is 6.42 Å². The number of benzene rings is 1. The van der Waals surface area contributed by atoms with Gasteiger partial charge in [0.2, 0.25) is 0 Å². The number of fused-ring (bicyclic) bond motifs is 5. The average Bonchev–Trinajstić information content (AvgIpc) is 2.92. The van der Waals surface area contributed by atoms with Crippen molar-refractivity contribution in [2.45, 2.75) is 70.8 Å². The maximum absolute atomic E-state index is 11.8. The van der Waals surface area contributed by atoms with Crippen LogP contribution >= 0.6 is 0 Å². The second kappa shape index (κ2) is 6.88. The lowest BCUT2D eigenvalue weighted by Gasteiger charge is -2.52. The van der Waals surface area contributed by atoms with Gasteiger partial charge >= 0.3 is 11.9 Å². The van der Waals surface area contributed by atoms with E-state index in [1.807, 2.05) is 6.07 Å². The van der Waals surface area contributed by atoms with E-state index in [-0.39, 0.29) is 11.3 Å². The molecule has 5 atom stereocenters. The fourth-order valence-corrected chi connectivity index (χ4v) is 6.37. The molecule has 1 aromatic rings. The summed E-state index contributed by atoms with van der Waals surface area (Å²) in [5.41, 5.74) is 0.821. The minimum absolute atomic E-state index is 0.248. The van der Waals surface area contributed by atoms with E-state index in [9.17, 15) is 14.7 Å². The van der Waals surface area contributed by atoms with Crippen LogP contribution in [0.15, 0.2) is 12.1 Å². The van der Waals surface area contributed by atoms with Crippen LogP contribution in [0.4, 0.5) is 0 Å². The van der Waals surface area contributed by atoms with Crippen molar-refractivity contribution in [1.29, 1.82) is 0 Å². The summed E-state index contributed by atoms with van der Waals surface area (Å²) < 4.78 is 10.9. The summed E-state index contributed by atoms with van der Waals surface area (Å²) in [5, 5.41) is 11.1. The predicted octanol–water partition coefficient (Wildman–Crippen LogP) is 3.76. The Morgan fingerprint density at radius 2 is 1.86 bits per heavy atom. The van der Waals surface area contributed by atoms with Crippen LogP contribution < -0.4 is 9.47 Å². The van der Waals surface area contributed by atoms with E-state index in [0.717, 1.165) is 43.2 Å². The summed E-state index contributed by atoms with van der Waals surface area (Å²) in [7, 11) is 0. The smallest absolute Gasteiger partial charge is 0.308 e. The van der Waals surface area contributed by atoms with Gasteiger partial charge in [-0.1, -0.05) is 12.8 Å². The minimum atomic E-state index is -1.04. The molecule has 0 radical (unpaired) electrons. The molecule has 2 saturated carbocycles. The standard InChI is InChI=1S/C24H28O5/c1-5-24(27)11-9-20-18-7-6-16-12-17(28-14(2)25)13-21(29-15(3)26)22(16)19(18)8-10-23(20,24)4/h1,12-13,18-20,27H,6-11H2,2-4H3. The Balaban J connectivity index is 1.75. The quantitative estimate of drug-likeness (QED) is 0.468. The number of rotatable bonds is 2. The molecule has 4 rings (SSSR count). The highest BCUT2D eigenvalue weighted by Gasteiger charge is 2.61. The van der Waals surface area contributed by atoms with Gasteiger partial charge in [-0.05, 0) is 67.9 Å². The van der Waals surface area contributed by atoms with Crippen LogP contribution in [-0.2, 0) is 16.0 Å².